The van der Waals surface area contributed by atoms with Crippen molar-refractivity contribution in [3.05, 3.63) is 48.6 Å². The number of benzene rings is 1. The Kier molecular flexibility index (Phi) is 6.38. The van der Waals surface area contributed by atoms with Gasteiger partial charge in [-0.25, -0.2) is 4.79 Å². The lowest BCUT2D eigenvalue weighted by Crippen LogP contribution is -2.56. The Morgan fingerprint density at radius 1 is 1.20 bits per heavy atom. The summed E-state index contributed by atoms with van der Waals surface area (Å²) in [4.78, 5) is 11.2. The summed E-state index contributed by atoms with van der Waals surface area (Å²) >= 11 is 0. The van der Waals surface area contributed by atoms with Gasteiger partial charge in [0.25, 0.3) is 0 Å². The lowest BCUT2D eigenvalue weighted by Gasteiger charge is -2.42. The minimum atomic E-state index is -0.963. The molecule has 1 rings (SSSR count). The van der Waals surface area contributed by atoms with Crippen molar-refractivity contribution in [3.8, 4) is 0 Å². The van der Waals surface area contributed by atoms with Gasteiger partial charge in [-0.2, -0.15) is 0 Å². The molecule has 0 bridgehead atoms. The molecule has 0 fully saturated rings. The zero-order valence-electron chi connectivity index (χ0n) is 11.5. The van der Waals surface area contributed by atoms with Gasteiger partial charge >= 0.3 is 5.97 Å². The molecule has 0 spiro atoms. The van der Waals surface area contributed by atoms with Crippen LogP contribution in [0.25, 0.3) is 0 Å². The fourth-order valence-electron chi connectivity index (χ4n) is 2.64. The van der Waals surface area contributed by atoms with Crippen molar-refractivity contribution in [2.24, 2.45) is 0 Å². The van der Waals surface area contributed by atoms with Crippen molar-refractivity contribution in [1.82, 2.24) is 0 Å². The third-order valence-corrected chi connectivity index (χ3v) is 3.50. The first-order valence-corrected chi connectivity index (χ1v) is 6.56. The van der Waals surface area contributed by atoms with Crippen molar-refractivity contribution in [1.29, 1.82) is 0 Å². The maximum Gasteiger partial charge on any atom is 0.359 e. The van der Waals surface area contributed by atoms with E-state index in [1.807, 2.05) is 30.3 Å². The monoisotopic (exact) mass is 280 g/mol. The van der Waals surface area contributed by atoms with Crippen LogP contribution in [-0.2, 0) is 4.79 Å². The predicted octanol–water partition coefficient (Wildman–Crippen LogP) is 0.800. The van der Waals surface area contributed by atoms with E-state index in [0.717, 1.165) is 5.56 Å². The maximum absolute atomic E-state index is 11.2. The Morgan fingerprint density at radius 3 is 2.15 bits per heavy atom. The molecule has 0 aromatic heterocycles. The topological polar surface area (TPSA) is 77.8 Å². The number of quaternary nitrogens is 1. The Hall–Kier alpha value is -1.69. The van der Waals surface area contributed by atoms with Gasteiger partial charge in [0.2, 0.25) is 0 Å². The normalized spacial score (nSPS) is 12.9. The van der Waals surface area contributed by atoms with Crippen molar-refractivity contribution < 1.29 is 24.6 Å². The summed E-state index contributed by atoms with van der Waals surface area (Å²) in [6, 6.07) is 9.14. The van der Waals surface area contributed by atoms with E-state index in [0.29, 0.717) is 0 Å². The molecule has 0 radical (unpaired) electrons. The quantitative estimate of drug-likeness (QED) is 0.462. The average Bonchev–Trinajstić information content (AvgIpc) is 2.40. The van der Waals surface area contributed by atoms with Crippen molar-refractivity contribution >= 4 is 5.97 Å². The van der Waals surface area contributed by atoms with E-state index in [2.05, 4.69) is 6.58 Å². The number of aliphatic carboxylic acids is 1. The first kappa shape index (κ1) is 16.4. The lowest BCUT2D eigenvalue weighted by atomic mass is 10.0. The van der Waals surface area contributed by atoms with Crippen LogP contribution in [0.15, 0.2) is 43.0 Å². The second-order valence-electron chi connectivity index (χ2n) is 4.76. The van der Waals surface area contributed by atoms with Crippen molar-refractivity contribution in [3.63, 3.8) is 0 Å². The molecule has 1 aromatic rings. The molecular formula is C15H22NO4+. The van der Waals surface area contributed by atoms with Crippen LogP contribution in [0.5, 0.6) is 0 Å². The Labute approximate surface area is 119 Å². The third kappa shape index (κ3) is 3.90. The summed E-state index contributed by atoms with van der Waals surface area (Å²) < 4.78 is 0.0514. The molecule has 110 valence electrons. The smallest absolute Gasteiger partial charge is 0.359 e. The molecule has 1 atom stereocenters. The molecule has 1 unspecified atom stereocenters. The van der Waals surface area contributed by atoms with Crippen LogP contribution < -0.4 is 0 Å². The molecule has 5 heteroatoms. The van der Waals surface area contributed by atoms with Crippen LogP contribution in [0, 0.1) is 0 Å². The summed E-state index contributed by atoms with van der Waals surface area (Å²) in [6.07, 6.45) is 1.68. The zero-order valence-corrected chi connectivity index (χ0v) is 11.5. The van der Waals surface area contributed by atoms with Crippen LogP contribution in [0.1, 0.15) is 11.6 Å². The number of carboxylic acid groups (broad SMARTS) is 1. The van der Waals surface area contributed by atoms with Gasteiger partial charge in [-0.05, 0) is 6.08 Å². The zero-order chi connectivity index (χ0) is 15.0. The molecule has 20 heavy (non-hydrogen) atoms. The van der Waals surface area contributed by atoms with Gasteiger partial charge in [0.05, 0.1) is 13.2 Å². The van der Waals surface area contributed by atoms with E-state index in [4.69, 9.17) is 0 Å². The summed E-state index contributed by atoms with van der Waals surface area (Å²) in [6.45, 7) is 3.83. The standard InChI is InChI=1S/C15H21NO4/c1-2-14(13-6-4-3-5-7-13)16(8-10-17,9-11-18)12-15(19)20/h2-7,14,17-18H,1,8-12H2/p+1. The fraction of sp³-hybridized carbons (Fsp3) is 0.400. The number of nitrogens with zero attached hydrogens (tertiary/aromatic N) is 1. The number of carboxylic acids is 1. The summed E-state index contributed by atoms with van der Waals surface area (Å²) in [7, 11) is 0. The Bertz CT molecular complexity index is 427. The maximum atomic E-state index is 11.2. The molecule has 0 heterocycles. The number of carbonyl (C=O) groups is 1. The van der Waals surface area contributed by atoms with Gasteiger partial charge in [0.15, 0.2) is 6.54 Å². The highest BCUT2D eigenvalue weighted by Gasteiger charge is 2.37. The fourth-order valence-corrected chi connectivity index (χ4v) is 2.64. The molecular weight excluding hydrogens is 258 g/mol. The second kappa shape index (κ2) is 7.79. The number of aliphatic hydroxyl groups excluding tert-OH is 2. The van der Waals surface area contributed by atoms with Gasteiger partial charge in [0, 0.05) is 5.56 Å². The molecule has 3 N–H and O–H groups in total. The highest BCUT2D eigenvalue weighted by Crippen LogP contribution is 2.29. The minimum Gasteiger partial charge on any atom is -0.477 e. The summed E-state index contributed by atoms with van der Waals surface area (Å²) in [5, 5.41) is 27.8. The number of hydrogen-bond donors (Lipinski definition) is 3. The molecule has 1 aromatic carbocycles. The number of hydrogen-bond acceptors (Lipinski definition) is 3. The molecule has 0 saturated carbocycles. The molecule has 5 nitrogen and oxygen atoms in total. The van der Waals surface area contributed by atoms with E-state index in [9.17, 15) is 20.1 Å². The van der Waals surface area contributed by atoms with Crippen molar-refractivity contribution in [2.45, 2.75) is 6.04 Å². The molecule has 0 aliphatic carbocycles. The van der Waals surface area contributed by atoms with E-state index >= 15 is 0 Å². The summed E-state index contributed by atoms with van der Waals surface area (Å²) in [5.74, 6) is -0.963. The van der Waals surface area contributed by atoms with Crippen molar-refractivity contribution in [2.75, 3.05) is 32.8 Å². The van der Waals surface area contributed by atoms with Crippen LogP contribution in [0.3, 0.4) is 0 Å². The Morgan fingerprint density at radius 2 is 1.75 bits per heavy atom. The first-order chi connectivity index (χ1) is 9.59. The van der Waals surface area contributed by atoms with E-state index in [1.54, 1.807) is 6.08 Å². The second-order valence-corrected chi connectivity index (χ2v) is 4.76. The first-order valence-electron chi connectivity index (χ1n) is 6.56. The van der Waals surface area contributed by atoms with Crippen LogP contribution in [-0.4, -0.2) is 58.6 Å². The van der Waals surface area contributed by atoms with E-state index in [-0.39, 0.29) is 43.4 Å². The van der Waals surface area contributed by atoms with Crippen LogP contribution >= 0.6 is 0 Å². The van der Waals surface area contributed by atoms with Gasteiger partial charge in [-0.1, -0.05) is 36.9 Å². The Balaban J connectivity index is 3.22. The molecule has 0 aliphatic rings. The van der Waals surface area contributed by atoms with Gasteiger partial charge in [-0.3, -0.25) is 0 Å². The minimum absolute atomic E-state index is 0.0514. The number of aliphatic hydroxyl groups is 2. The van der Waals surface area contributed by atoms with E-state index < -0.39 is 5.97 Å². The predicted molar refractivity (Wildman–Crippen MR) is 76.0 cm³/mol. The largest absolute Gasteiger partial charge is 0.477 e. The average molecular weight is 280 g/mol. The molecule has 0 amide bonds. The van der Waals surface area contributed by atoms with Crippen LogP contribution in [0.4, 0.5) is 0 Å². The highest BCUT2D eigenvalue weighted by atomic mass is 16.4. The lowest BCUT2D eigenvalue weighted by molar-refractivity contribution is -0.944. The van der Waals surface area contributed by atoms with Crippen LogP contribution in [0.2, 0.25) is 0 Å². The molecule has 0 aliphatic heterocycles. The number of rotatable bonds is 9. The van der Waals surface area contributed by atoms with Gasteiger partial charge < -0.3 is 19.8 Å². The van der Waals surface area contributed by atoms with Gasteiger partial charge in [0.1, 0.15) is 19.1 Å². The highest BCUT2D eigenvalue weighted by molar-refractivity contribution is 5.68. The third-order valence-electron chi connectivity index (χ3n) is 3.50. The summed E-state index contributed by atoms with van der Waals surface area (Å²) in [5.41, 5.74) is 0.922. The van der Waals surface area contributed by atoms with E-state index in [1.165, 1.54) is 0 Å². The van der Waals surface area contributed by atoms with Gasteiger partial charge in [-0.15, -0.1) is 0 Å². The SMILES string of the molecule is C=CC(c1ccccc1)[N+](CCO)(CCO)CC(=O)O. The molecule has 0 saturated heterocycles.